The Balaban J connectivity index is 1.20. The van der Waals surface area contributed by atoms with E-state index in [0.717, 1.165) is 49.7 Å². The minimum absolute atomic E-state index is 0.736. The van der Waals surface area contributed by atoms with Gasteiger partial charge in [0.1, 0.15) is 0 Å². The third-order valence-electron chi connectivity index (χ3n) is 8.41. The van der Waals surface area contributed by atoms with Crippen molar-refractivity contribution in [1.82, 2.24) is 14.5 Å². The Bertz CT molecular complexity index is 2450. The van der Waals surface area contributed by atoms with Gasteiger partial charge in [-0.05, 0) is 47.5 Å². The number of hydrogen-bond donors (Lipinski definition) is 0. The summed E-state index contributed by atoms with van der Waals surface area (Å²) in [5.74, 6) is 0.736. The van der Waals surface area contributed by atoms with Gasteiger partial charge >= 0.3 is 0 Å². The van der Waals surface area contributed by atoms with E-state index in [2.05, 4.69) is 150 Å². The van der Waals surface area contributed by atoms with Gasteiger partial charge in [0.05, 0.1) is 26.9 Å². The summed E-state index contributed by atoms with van der Waals surface area (Å²) < 4.78 is 4.71. The maximum absolute atomic E-state index is 5.19. The number of nitrogens with zero attached hydrogens (tertiary/aromatic N) is 3. The van der Waals surface area contributed by atoms with Crippen molar-refractivity contribution in [3.63, 3.8) is 0 Å². The summed E-state index contributed by atoms with van der Waals surface area (Å²) in [7, 11) is 0. The van der Waals surface area contributed by atoms with E-state index in [4.69, 9.17) is 9.97 Å². The third kappa shape index (κ3) is 3.96. The molecule has 206 valence electrons. The van der Waals surface area contributed by atoms with Crippen molar-refractivity contribution in [3.05, 3.63) is 152 Å². The van der Waals surface area contributed by atoms with E-state index in [9.17, 15) is 0 Å². The van der Waals surface area contributed by atoms with Gasteiger partial charge in [0, 0.05) is 37.7 Å². The Morgan fingerprint density at radius 1 is 0.455 bits per heavy atom. The van der Waals surface area contributed by atoms with E-state index in [1.807, 2.05) is 6.07 Å². The number of aromatic nitrogens is 3. The van der Waals surface area contributed by atoms with Gasteiger partial charge in [-0.15, -0.1) is 11.3 Å². The summed E-state index contributed by atoms with van der Waals surface area (Å²) in [6, 6.07) is 53.6. The molecule has 0 amide bonds. The van der Waals surface area contributed by atoms with Crippen LogP contribution in [0.1, 0.15) is 0 Å². The second kappa shape index (κ2) is 10.0. The minimum atomic E-state index is 0.736. The number of rotatable bonds is 4. The van der Waals surface area contributed by atoms with E-state index < -0.39 is 0 Å². The molecule has 0 spiro atoms. The summed E-state index contributed by atoms with van der Waals surface area (Å²) in [5.41, 5.74) is 9.91. The number of thiophene rings is 1. The highest BCUT2D eigenvalue weighted by Gasteiger charge is 2.17. The second-order valence-electron chi connectivity index (χ2n) is 11.0. The zero-order valence-corrected chi connectivity index (χ0v) is 24.5. The molecule has 3 heterocycles. The van der Waals surface area contributed by atoms with Crippen molar-refractivity contribution >= 4 is 53.4 Å². The van der Waals surface area contributed by atoms with E-state index in [-0.39, 0.29) is 0 Å². The minimum Gasteiger partial charge on any atom is -0.309 e. The van der Waals surface area contributed by atoms with Crippen LogP contribution in [0.4, 0.5) is 0 Å². The maximum atomic E-state index is 5.19. The quantitative estimate of drug-likeness (QED) is 0.208. The lowest BCUT2D eigenvalue weighted by Gasteiger charge is -2.11. The zero-order valence-electron chi connectivity index (χ0n) is 23.7. The van der Waals surface area contributed by atoms with Gasteiger partial charge in [-0.2, -0.15) is 0 Å². The molecule has 0 saturated heterocycles. The SMILES string of the molecule is c1ccc(-c2nc(-c3cccc(-c4cccc(-n5c6ccccc6c6ccccc65)c4)c3)nc3c2sc2ccccc23)cc1. The number of hydrogen-bond acceptors (Lipinski definition) is 3. The molecule has 44 heavy (non-hydrogen) atoms. The molecule has 0 unspecified atom stereocenters. The molecule has 0 radical (unpaired) electrons. The first kappa shape index (κ1) is 25.0. The summed E-state index contributed by atoms with van der Waals surface area (Å²) in [6.45, 7) is 0. The number of benzene rings is 6. The Morgan fingerprint density at radius 3 is 1.82 bits per heavy atom. The van der Waals surface area contributed by atoms with Crippen LogP contribution in [0.15, 0.2) is 152 Å². The molecule has 0 aliphatic rings. The van der Waals surface area contributed by atoms with Crippen molar-refractivity contribution in [1.29, 1.82) is 0 Å². The molecule has 0 aliphatic carbocycles. The molecule has 4 heteroatoms. The maximum Gasteiger partial charge on any atom is 0.160 e. The molecule has 0 bridgehead atoms. The van der Waals surface area contributed by atoms with Gasteiger partial charge in [0.25, 0.3) is 0 Å². The molecule has 3 aromatic heterocycles. The van der Waals surface area contributed by atoms with Crippen molar-refractivity contribution in [2.24, 2.45) is 0 Å². The fourth-order valence-electron chi connectivity index (χ4n) is 6.37. The van der Waals surface area contributed by atoms with Crippen LogP contribution < -0.4 is 0 Å². The largest absolute Gasteiger partial charge is 0.309 e. The van der Waals surface area contributed by atoms with Crippen molar-refractivity contribution in [2.45, 2.75) is 0 Å². The van der Waals surface area contributed by atoms with Gasteiger partial charge in [-0.25, -0.2) is 9.97 Å². The first-order chi connectivity index (χ1) is 21.8. The predicted molar refractivity (Wildman–Crippen MR) is 186 cm³/mol. The van der Waals surface area contributed by atoms with Crippen molar-refractivity contribution in [2.75, 3.05) is 0 Å². The van der Waals surface area contributed by atoms with Gasteiger partial charge < -0.3 is 4.57 Å². The second-order valence-corrected chi connectivity index (χ2v) is 12.1. The van der Waals surface area contributed by atoms with Gasteiger partial charge in [0.2, 0.25) is 0 Å². The molecule has 0 atom stereocenters. The highest BCUT2D eigenvalue weighted by Crippen LogP contribution is 2.40. The van der Waals surface area contributed by atoms with Crippen LogP contribution in [0.3, 0.4) is 0 Å². The molecule has 0 fully saturated rings. The van der Waals surface area contributed by atoms with Gasteiger partial charge in [-0.3, -0.25) is 0 Å². The monoisotopic (exact) mass is 579 g/mol. The fraction of sp³-hybridized carbons (Fsp3) is 0. The lowest BCUT2D eigenvalue weighted by atomic mass is 10.0. The number of fused-ring (bicyclic) bond motifs is 6. The predicted octanol–water partition coefficient (Wildman–Crippen LogP) is 10.9. The normalized spacial score (nSPS) is 11.6. The van der Waals surface area contributed by atoms with Crippen molar-refractivity contribution in [3.8, 4) is 39.5 Å². The molecular formula is C40H25N3S. The van der Waals surface area contributed by atoms with Crippen LogP contribution in [0.25, 0.3) is 81.6 Å². The molecule has 9 aromatic rings. The molecule has 9 rings (SSSR count). The Morgan fingerprint density at radius 2 is 1.05 bits per heavy atom. The van der Waals surface area contributed by atoms with E-state index in [1.165, 1.54) is 31.9 Å². The lowest BCUT2D eigenvalue weighted by molar-refractivity contribution is 1.18. The molecule has 6 aromatic carbocycles. The Labute approximate surface area is 258 Å². The van der Waals surface area contributed by atoms with Gasteiger partial charge in [0.15, 0.2) is 5.82 Å². The summed E-state index contributed by atoms with van der Waals surface area (Å²) in [4.78, 5) is 10.4. The van der Waals surface area contributed by atoms with Crippen molar-refractivity contribution < 1.29 is 0 Å². The fourth-order valence-corrected chi connectivity index (χ4v) is 7.53. The van der Waals surface area contributed by atoms with Crippen LogP contribution in [-0.2, 0) is 0 Å². The van der Waals surface area contributed by atoms with Crippen LogP contribution in [0.5, 0.6) is 0 Å². The Hall–Kier alpha value is -5.58. The highest BCUT2D eigenvalue weighted by molar-refractivity contribution is 7.26. The first-order valence-electron chi connectivity index (χ1n) is 14.8. The van der Waals surface area contributed by atoms with E-state index in [0.29, 0.717) is 0 Å². The summed E-state index contributed by atoms with van der Waals surface area (Å²) >= 11 is 1.76. The molecule has 3 nitrogen and oxygen atoms in total. The van der Waals surface area contributed by atoms with Crippen LogP contribution >= 0.6 is 11.3 Å². The van der Waals surface area contributed by atoms with Crippen LogP contribution in [0, 0.1) is 0 Å². The average Bonchev–Trinajstić information content (AvgIpc) is 3.64. The summed E-state index contributed by atoms with van der Waals surface area (Å²) in [6.07, 6.45) is 0. The van der Waals surface area contributed by atoms with E-state index >= 15 is 0 Å². The third-order valence-corrected chi connectivity index (χ3v) is 9.57. The molecule has 0 saturated carbocycles. The highest BCUT2D eigenvalue weighted by atomic mass is 32.1. The summed E-state index contributed by atoms with van der Waals surface area (Å²) in [5, 5.41) is 3.69. The smallest absolute Gasteiger partial charge is 0.160 e. The van der Waals surface area contributed by atoms with Crippen LogP contribution in [-0.4, -0.2) is 14.5 Å². The topological polar surface area (TPSA) is 30.7 Å². The molecule has 0 aliphatic heterocycles. The lowest BCUT2D eigenvalue weighted by Crippen LogP contribution is -1.95. The number of para-hydroxylation sites is 2. The zero-order chi connectivity index (χ0) is 29.0. The average molecular weight is 580 g/mol. The molecule has 0 N–H and O–H groups in total. The standard InChI is InChI=1S/C40H25N3S/c1-2-12-26(13-3-1)37-39-38(33-20-6-9-23-36(33)44-39)42-40(41-37)29-16-10-14-27(24-29)28-15-11-17-30(25-28)43-34-21-7-4-18-31(34)32-19-5-8-22-35(32)43/h1-25H. The first-order valence-corrected chi connectivity index (χ1v) is 15.6. The van der Waals surface area contributed by atoms with Gasteiger partial charge in [-0.1, -0.05) is 115 Å². The van der Waals surface area contributed by atoms with E-state index in [1.54, 1.807) is 11.3 Å². The Kier molecular flexibility index (Phi) is 5.68. The molecular weight excluding hydrogens is 555 g/mol. The van der Waals surface area contributed by atoms with Crippen LogP contribution in [0.2, 0.25) is 0 Å².